The zero-order valence-corrected chi connectivity index (χ0v) is 45.8. The molecule has 0 amide bonds. The van der Waals surface area contributed by atoms with Crippen LogP contribution in [0.5, 0.6) is 11.5 Å². The van der Waals surface area contributed by atoms with Crippen LogP contribution in [-0.4, -0.2) is 11.3 Å². The highest BCUT2D eigenvalue weighted by Gasteiger charge is 2.46. The van der Waals surface area contributed by atoms with Gasteiger partial charge in [-0.2, -0.15) is 0 Å². The lowest BCUT2D eigenvalue weighted by Crippen LogP contribution is -2.60. The molecule has 0 saturated heterocycles. The molecule has 0 bridgehead atoms. The predicted octanol–water partition coefficient (Wildman–Crippen LogP) is 18.0. The number of benzene rings is 10. The Labute approximate surface area is 445 Å². The molecule has 2 aliphatic rings. The van der Waals surface area contributed by atoms with Gasteiger partial charge in [0.15, 0.2) is 0 Å². The number of hydrogen-bond acceptors (Lipinski definition) is 3. The fourth-order valence-corrected chi connectivity index (χ4v) is 14.0. The SMILES string of the molecule is Cc1cc(C)cc(-c2cc3c4c(c2)N(c2ccc(C(C)(C)C)cc2)c2c(cc5sc6ccccc6c5c2-n2c5ccc(C(C)(C)C)cc5c5cc(C(C)(C)C)ccc52)B4c2c(c4ccccc4c4ccccc24)O3)c1. The summed E-state index contributed by atoms with van der Waals surface area (Å²) in [6.07, 6.45) is 0. The van der Waals surface area contributed by atoms with Gasteiger partial charge in [-0.25, -0.2) is 0 Å². The van der Waals surface area contributed by atoms with Crippen LogP contribution in [0.4, 0.5) is 17.1 Å². The van der Waals surface area contributed by atoms with Gasteiger partial charge in [0.1, 0.15) is 11.5 Å². The lowest BCUT2D eigenvalue weighted by Gasteiger charge is -2.42. The Bertz CT molecular complexity index is 4330. The Kier molecular flexibility index (Phi) is 9.78. The van der Waals surface area contributed by atoms with E-state index in [2.05, 4.69) is 255 Å². The van der Waals surface area contributed by atoms with Crippen molar-refractivity contribution in [3.05, 3.63) is 198 Å². The van der Waals surface area contributed by atoms with E-state index in [0.717, 1.165) is 33.8 Å². The summed E-state index contributed by atoms with van der Waals surface area (Å²) in [5.41, 5.74) is 19.4. The van der Waals surface area contributed by atoms with Gasteiger partial charge in [-0.3, -0.25) is 0 Å². The summed E-state index contributed by atoms with van der Waals surface area (Å²) in [6.45, 7) is 25.2. The minimum atomic E-state index is -0.178. The van der Waals surface area contributed by atoms with Crippen molar-refractivity contribution >= 4 is 115 Å². The zero-order chi connectivity index (χ0) is 51.6. The van der Waals surface area contributed by atoms with Crippen LogP contribution < -0.4 is 26.0 Å². The van der Waals surface area contributed by atoms with E-state index >= 15 is 0 Å². The Morgan fingerprint density at radius 2 is 0.973 bits per heavy atom. The third kappa shape index (κ3) is 6.93. The number of rotatable bonds is 3. The molecule has 75 heavy (non-hydrogen) atoms. The minimum absolute atomic E-state index is 0.0272. The quantitative estimate of drug-likeness (QED) is 0.130. The van der Waals surface area contributed by atoms with Crippen molar-refractivity contribution in [1.29, 1.82) is 0 Å². The molecule has 0 atom stereocenters. The van der Waals surface area contributed by atoms with Gasteiger partial charge < -0.3 is 14.2 Å². The normalized spacial score (nSPS) is 13.6. The van der Waals surface area contributed by atoms with Crippen LogP contribution in [0.25, 0.3) is 80.3 Å². The minimum Gasteiger partial charge on any atom is -0.458 e. The van der Waals surface area contributed by atoms with Crippen LogP contribution in [0.2, 0.25) is 0 Å². The average molecular weight is 989 g/mol. The predicted molar refractivity (Wildman–Crippen MR) is 326 cm³/mol. The Balaban J connectivity index is 1.22. The first-order valence-electron chi connectivity index (χ1n) is 26.8. The molecule has 3 nitrogen and oxygen atoms in total. The summed E-state index contributed by atoms with van der Waals surface area (Å²) in [4.78, 5) is 2.63. The first kappa shape index (κ1) is 46.0. The largest absolute Gasteiger partial charge is 0.458 e. The van der Waals surface area contributed by atoms with Crippen LogP contribution >= 0.6 is 11.3 Å². The lowest BCUT2D eigenvalue weighted by atomic mass is 9.33. The van der Waals surface area contributed by atoms with Crippen molar-refractivity contribution in [3.63, 3.8) is 0 Å². The number of ether oxygens (including phenoxy) is 1. The molecule has 0 aliphatic carbocycles. The molecule has 0 radical (unpaired) electrons. The third-order valence-corrected chi connectivity index (χ3v) is 17.6. The zero-order valence-electron chi connectivity index (χ0n) is 45.0. The van der Waals surface area contributed by atoms with Crippen molar-refractivity contribution in [2.24, 2.45) is 0 Å². The summed E-state index contributed by atoms with van der Waals surface area (Å²) < 4.78 is 12.9. The van der Waals surface area contributed by atoms with Crippen molar-refractivity contribution in [2.45, 2.75) is 92.4 Å². The molecular formula is C70H61BN2OS. The number of aryl methyl sites for hydroxylation is 2. The molecular weight excluding hydrogens is 928 g/mol. The number of fused-ring (bicyclic) bond motifs is 15. The summed E-state index contributed by atoms with van der Waals surface area (Å²) >= 11 is 1.91. The fraction of sp³-hybridized carbons (Fsp3) is 0.200. The lowest BCUT2D eigenvalue weighted by molar-refractivity contribution is 0.494. The van der Waals surface area contributed by atoms with Crippen molar-refractivity contribution in [3.8, 4) is 28.3 Å². The van der Waals surface area contributed by atoms with Gasteiger partial charge in [-0.1, -0.05) is 183 Å². The number of anilines is 3. The molecule has 366 valence electrons. The Hall–Kier alpha value is -7.60. The van der Waals surface area contributed by atoms with Crippen LogP contribution in [0.3, 0.4) is 0 Å². The molecule has 10 aromatic carbocycles. The van der Waals surface area contributed by atoms with E-state index in [0.29, 0.717) is 0 Å². The second-order valence-corrected chi connectivity index (χ2v) is 25.8. The van der Waals surface area contributed by atoms with Gasteiger partial charge in [0.25, 0.3) is 6.71 Å². The van der Waals surface area contributed by atoms with Gasteiger partial charge in [-0.05, 0) is 151 Å². The standard InChI is InChI=1S/C70H61BN2OS/c1-40-32-41(2)34-42(33-40)43-35-58-64-59(36-43)74-67-51-21-15-13-19-49(51)48-18-12-14-20-50(48)63(67)71(64)55-39-61-62(52-22-16-17-23-60(52)75-61)66(65(55)72(58)47-28-24-44(25-29-47)68(3,4)5)73-56-30-26-45(69(6,7)8)37-53(56)54-38-46(70(9,10)11)27-31-57(54)73/h12-39H,1-11H3. The molecule has 2 aliphatic heterocycles. The van der Waals surface area contributed by atoms with E-state index in [1.165, 1.54) is 119 Å². The van der Waals surface area contributed by atoms with Crippen molar-refractivity contribution in [2.75, 3.05) is 4.90 Å². The molecule has 12 aromatic rings. The molecule has 5 heteroatoms. The molecule has 0 unspecified atom stereocenters. The number of aromatic nitrogens is 1. The van der Waals surface area contributed by atoms with Crippen LogP contribution in [-0.2, 0) is 16.2 Å². The smallest absolute Gasteiger partial charge is 0.257 e. The van der Waals surface area contributed by atoms with Crippen LogP contribution in [0.15, 0.2) is 170 Å². The summed E-state index contributed by atoms with van der Waals surface area (Å²) in [5, 5.41) is 9.89. The van der Waals surface area contributed by atoms with E-state index in [-0.39, 0.29) is 23.0 Å². The number of hydrogen-bond donors (Lipinski definition) is 0. The first-order chi connectivity index (χ1) is 35.9. The van der Waals surface area contributed by atoms with Gasteiger partial charge in [0.05, 0.1) is 22.4 Å². The molecule has 0 N–H and O–H groups in total. The van der Waals surface area contributed by atoms with E-state index in [1.807, 2.05) is 11.3 Å². The summed E-state index contributed by atoms with van der Waals surface area (Å²) in [5.74, 6) is 1.85. The van der Waals surface area contributed by atoms with Gasteiger partial charge in [0, 0.05) is 47.7 Å². The van der Waals surface area contributed by atoms with E-state index < -0.39 is 0 Å². The molecule has 0 saturated carbocycles. The second kappa shape index (κ2) is 16.0. The van der Waals surface area contributed by atoms with E-state index in [4.69, 9.17) is 4.74 Å². The van der Waals surface area contributed by atoms with Gasteiger partial charge in [-0.15, -0.1) is 11.3 Å². The van der Waals surface area contributed by atoms with E-state index in [1.54, 1.807) is 0 Å². The fourth-order valence-electron chi connectivity index (χ4n) is 12.8. The third-order valence-electron chi connectivity index (χ3n) is 16.5. The molecule has 0 spiro atoms. The highest BCUT2D eigenvalue weighted by atomic mass is 32.1. The molecule has 4 heterocycles. The van der Waals surface area contributed by atoms with Gasteiger partial charge >= 0.3 is 0 Å². The number of thiophene rings is 1. The second-order valence-electron chi connectivity index (χ2n) is 24.7. The molecule has 0 fully saturated rings. The highest BCUT2D eigenvalue weighted by Crippen LogP contribution is 2.52. The topological polar surface area (TPSA) is 17.4 Å². The monoisotopic (exact) mass is 988 g/mol. The van der Waals surface area contributed by atoms with Crippen molar-refractivity contribution < 1.29 is 4.74 Å². The molecule has 14 rings (SSSR count). The van der Waals surface area contributed by atoms with Gasteiger partial charge in [0.2, 0.25) is 0 Å². The average Bonchev–Trinajstić information content (AvgIpc) is 3.92. The van der Waals surface area contributed by atoms with Crippen molar-refractivity contribution in [1.82, 2.24) is 4.57 Å². The van der Waals surface area contributed by atoms with E-state index in [9.17, 15) is 0 Å². The molecule has 2 aromatic heterocycles. The summed E-state index contributed by atoms with van der Waals surface area (Å²) in [6, 6.07) is 65.4. The maximum atomic E-state index is 7.63. The highest BCUT2D eigenvalue weighted by molar-refractivity contribution is 7.26. The Morgan fingerprint density at radius 3 is 1.59 bits per heavy atom. The van der Waals surface area contributed by atoms with Crippen LogP contribution in [0, 0.1) is 13.8 Å². The maximum absolute atomic E-state index is 7.63. The Morgan fingerprint density at radius 1 is 0.440 bits per heavy atom. The summed E-state index contributed by atoms with van der Waals surface area (Å²) in [7, 11) is 0. The van der Waals surface area contributed by atoms with Crippen LogP contribution in [0.1, 0.15) is 90.1 Å². The number of nitrogens with zero attached hydrogens (tertiary/aromatic N) is 2. The maximum Gasteiger partial charge on any atom is 0.257 e. The first-order valence-corrected chi connectivity index (χ1v) is 27.6.